The molecule has 3 rings (SSSR count). The lowest BCUT2D eigenvalue weighted by atomic mass is 10.3. The molecule has 0 spiro atoms. The monoisotopic (exact) mass is 239 g/mol. The van der Waals surface area contributed by atoms with E-state index in [1.807, 2.05) is 0 Å². The second-order valence-electron chi connectivity index (χ2n) is 3.64. The molecular formula is C12H9N5O. The molecule has 3 aromatic heterocycles. The van der Waals surface area contributed by atoms with Crippen molar-refractivity contribution in [2.24, 2.45) is 0 Å². The molecule has 0 aromatic carbocycles. The molecule has 0 bridgehead atoms. The Labute approximate surface area is 102 Å². The first-order valence-electron chi connectivity index (χ1n) is 5.34. The number of fused-ring (bicyclic) bond motifs is 1. The summed E-state index contributed by atoms with van der Waals surface area (Å²) in [6, 6.07) is 5.19. The standard InChI is InChI=1S/C12H9N5O/c18-12(16-9-2-5-13-6-3-9)10-8-15-17-7-1-4-14-11(10)17/h1-8H,(H,13,16,18). The molecular weight excluding hydrogens is 230 g/mol. The van der Waals surface area contributed by atoms with Gasteiger partial charge in [0.15, 0.2) is 5.65 Å². The molecule has 1 N–H and O–H groups in total. The number of nitrogens with one attached hydrogen (secondary N) is 1. The highest BCUT2D eigenvalue weighted by Crippen LogP contribution is 2.10. The molecule has 0 atom stereocenters. The van der Waals surface area contributed by atoms with Crippen LogP contribution in [-0.2, 0) is 0 Å². The summed E-state index contributed by atoms with van der Waals surface area (Å²) < 4.78 is 1.56. The maximum Gasteiger partial charge on any atom is 0.261 e. The lowest BCUT2D eigenvalue weighted by molar-refractivity contribution is 0.102. The molecule has 0 unspecified atom stereocenters. The lowest BCUT2D eigenvalue weighted by Crippen LogP contribution is -2.11. The Hall–Kier alpha value is -2.76. The molecule has 6 nitrogen and oxygen atoms in total. The Morgan fingerprint density at radius 1 is 1.22 bits per heavy atom. The van der Waals surface area contributed by atoms with Crippen LogP contribution in [0.15, 0.2) is 49.2 Å². The minimum atomic E-state index is -0.241. The van der Waals surface area contributed by atoms with E-state index in [9.17, 15) is 4.79 Å². The van der Waals surface area contributed by atoms with E-state index in [-0.39, 0.29) is 5.91 Å². The van der Waals surface area contributed by atoms with Crippen molar-refractivity contribution in [3.8, 4) is 0 Å². The Bertz CT molecular complexity index is 692. The number of aromatic nitrogens is 4. The van der Waals surface area contributed by atoms with Crippen LogP contribution in [0.4, 0.5) is 5.69 Å². The minimum absolute atomic E-state index is 0.241. The fourth-order valence-electron chi connectivity index (χ4n) is 1.62. The third-order valence-corrected chi connectivity index (χ3v) is 2.46. The number of pyridine rings is 1. The first-order valence-corrected chi connectivity index (χ1v) is 5.34. The van der Waals surface area contributed by atoms with Crippen molar-refractivity contribution in [3.05, 3.63) is 54.7 Å². The molecule has 3 aromatic rings. The zero-order valence-electron chi connectivity index (χ0n) is 9.32. The van der Waals surface area contributed by atoms with Crippen LogP contribution in [0.5, 0.6) is 0 Å². The van der Waals surface area contributed by atoms with Gasteiger partial charge in [-0.25, -0.2) is 9.50 Å². The zero-order chi connectivity index (χ0) is 12.4. The quantitative estimate of drug-likeness (QED) is 0.733. The molecule has 0 aliphatic heterocycles. The van der Waals surface area contributed by atoms with Crippen LogP contribution in [-0.4, -0.2) is 25.5 Å². The van der Waals surface area contributed by atoms with Gasteiger partial charge in [0.25, 0.3) is 5.91 Å². The molecule has 1 amide bonds. The van der Waals surface area contributed by atoms with Crippen LogP contribution < -0.4 is 5.32 Å². The summed E-state index contributed by atoms with van der Waals surface area (Å²) in [7, 11) is 0. The van der Waals surface area contributed by atoms with E-state index in [2.05, 4.69) is 20.4 Å². The van der Waals surface area contributed by atoms with Gasteiger partial charge in [-0.2, -0.15) is 5.10 Å². The summed E-state index contributed by atoms with van der Waals surface area (Å²) in [5.74, 6) is -0.241. The fraction of sp³-hybridized carbons (Fsp3) is 0. The molecule has 0 aliphatic carbocycles. The van der Waals surface area contributed by atoms with E-state index in [0.717, 1.165) is 0 Å². The summed E-state index contributed by atoms with van der Waals surface area (Å²) in [6.45, 7) is 0. The van der Waals surface area contributed by atoms with Gasteiger partial charge in [-0.3, -0.25) is 9.78 Å². The van der Waals surface area contributed by atoms with Gasteiger partial charge in [-0.05, 0) is 18.2 Å². The van der Waals surface area contributed by atoms with E-state index in [1.54, 1.807) is 47.5 Å². The number of carbonyl (C=O) groups is 1. The van der Waals surface area contributed by atoms with Gasteiger partial charge in [-0.15, -0.1) is 0 Å². The summed E-state index contributed by atoms with van der Waals surface area (Å²) in [4.78, 5) is 20.1. The second kappa shape index (κ2) is 4.25. The molecule has 88 valence electrons. The maximum atomic E-state index is 12.1. The van der Waals surface area contributed by atoms with Crippen LogP contribution in [0.1, 0.15) is 10.4 Å². The summed E-state index contributed by atoms with van der Waals surface area (Å²) in [5, 5.41) is 6.83. The lowest BCUT2D eigenvalue weighted by Gasteiger charge is -2.02. The molecule has 0 radical (unpaired) electrons. The molecule has 0 saturated carbocycles. The largest absolute Gasteiger partial charge is 0.322 e. The SMILES string of the molecule is O=C(Nc1ccncc1)c1cnn2cccnc12. The Morgan fingerprint density at radius 2 is 2.06 bits per heavy atom. The number of nitrogens with zero attached hydrogens (tertiary/aromatic N) is 4. The number of anilines is 1. The second-order valence-corrected chi connectivity index (χ2v) is 3.64. The number of amides is 1. The van der Waals surface area contributed by atoms with Gasteiger partial charge in [0, 0.05) is 30.5 Å². The normalized spacial score (nSPS) is 10.4. The fourth-order valence-corrected chi connectivity index (χ4v) is 1.62. The van der Waals surface area contributed by atoms with Gasteiger partial charge in [0.05, 0.1) is 6.20 Å². The highest BCUT2D eigenvalue weighted by atomic mass is 16.1. The van der Waals surface area contributed by atoms with E-state index in [1.165, 1.54) is 6.20 Å². The van der Waals surface area contributed by atoms with Crippen LogP contribution >= 0.6 is 0 Å². The number of hydrogen-bond acceptors (Lipinski definition) is 4. The van der Waals surface area contributed by atoms with Gasteiger partial charge < -0.3 is 5.32 Å². The van der Waals surface area contributed by atoms with Crippen molar-refractivity contribution in [1.82, 2.24) is 19.6 Å². The first kappa shape index (κ1) is 10.4. The van der Waals surface area contributed by atoms with E-state index < -0.39 is 0 Å². The van der Waals surface area contributed by atoms with Crippen molar-refractivity contribution in [1.29, 1.82) is 0 Å². The van der Waals surface area contributed by atoms with Gasteiger partial charge >= 0.3 is 0 Å². The van der Waals surface area contributed by atoms with Crippen LogP contribution in [0.25, 0.3) is 5.65 Å². The third-order valence-electron chi connectivity index (χ3n) is 2.46. The Morgan fingerprint density at radius 3 is 2.89 bits per heavy atom. The van der Waals surface area contributed by atoms with Crippen molar-refractivity contribution >= 4 is 17.2 Å². The van der Waals surface area contributed by atoms with Gasteiger partial charge in [0.2, 0.25) is 0 Å². The van der Waals surface area contributed by atoms with Crippen molar-refractivity contribution in [2.75, 3.05) is 5.32 Å². The minimum Gasteiger partial charge on any atom is -0.322 e. The van der Waals surface area contributed by atoms with E-state index >= 15 is 0 Å². The molecule has 0 aliphatic rings. The van der Waals surface area contributed by atoms with Crippen molar-refractivity contribution in [3.63, 3.8) is 0 Å². The molecule has 18 heavy (non-hydrogen) atoms. The van der Waals surface area contributed by atoms with Crippen LogP contribution in [0.3, 0.4) is 0 Å². The highest BCUT2D eigenvalue weighted by molar-refractivity contribution is 6.08. The van der Waals surface area contributed by atoms with Crippen LogP contribution in [0, 0.1) is 0 Å². The van der Waals surface area contributed by atoms with E-state index in [4.69, 9.17) is 0 Å². The Kier molecular flexibility index (Phi) is 2.45. The molecule has 0 saturated heterocycles. The maximum absolute atomic E-state index is 12.1. The predicted octanol–water partition coefficient (Wildman–Crippen LogP) is 1.38. The molecule has 0 fully saturated rings. The average molecular weight is 239 g/mol. The third kappa shape index (κ3) is 1.80. The van der Waals surface area contributed by atoms with Crippen LogP contribution in [0.2, 0.25) is 0 Å². The number of hydrogen-bond donors (Lipinski definition) is 1. The van der Waals surface area contributed by atoms with Gasteiger partial charge in [-0.1, -0.05) is 0 Å². The summed E-state index contributed by atoms with van der Waals surface area (Å²) in [5.41, 5.74) is 1.65. The number of carbonyl (C=O) groups excluding carboxylic acids is 1. The molecule has 3 heterocycles. The van der Waals surface area contributed by atoms with Crippen molar-refractivity contribution < 1.29 is 4.79 Å². The summed E-state index contributed by atoms with van der Waals surface area (Å²) >= 11 is 0. The number of rotatable bonds is 2. The average Bonchev–Trinajstić information content (AvgIpc) is 2.84. The van der Waals surface area contributed by atoms with Gasteiger partial charge in [0.1, 0.15) is 5.56 Å². The smallest absolute Gasteiger partial charge is 0.261 e. The Balaban J connectivity index is 1.93. The first-order chi connectivity index (χ1) is 8.84. The highest BCUT2D eigenvalue weighted by Gasteiger charge is 2.13. The van der Waals surface area contributed by atoms with E-state index in [0.29, 0.717) is 16.9 Å². The summed E-state index contributed by atoms with van der Waals surface area (Å²) in [6.07, 6.45) is 8.10. The molecule has 6 heteroatoms. The zero-order valence-corrected chi connectivity index (χ0v) is 9.32. The topological polar surface area (TPSA) is 72.2 Å². The predicted molar refractivity (Wildman–Crippen MR) is 65.2 cm³/mol. The van der Waals surface area contributed by atoms with Crippen molar-refractivity contribution in [2.45, 2.75) is 0 Å².